The Kier molecular flexibility index (Phi) is 5.24. The summed E-state index contributed by atoms with van der Waals surface area (Å²) >= 11 is 5.81. The van der Waals surface area contributed by atoms with Crippen LogP contribution in [-0.2, 0) is 11.3 Å². The minimum Gasteiger partial charge on any atom is -0.396 e. The number of aromatic nitrogens is 4. The second kappa shape index (κ2) is 7.14. The van der Waals surface area contributed by atoms with Gasteiger partial charge < -0.3 is 10.4 Å². The van der Waals surface area contributed by atoms with Gasteiger partial charge in [-0.05, 0) is 35.4 Å². The van der Waals surface area contributed by atoms with Gasteiger partial charge in [-0.15, -0.1) is 10.2 Å². The molecule has 0 saturated heterocycles. The molecule has 2 N–H and O–H groups in total. The fourth-order valence-electron chi connectivity index (χ4n) is 1.56. The van der Waals surface area contributed by atoms with Gasteiger partial charge in [0, 0.05) is 23.7 Å². The van der Waals surface area contributed by atoms with Crippen LogP contribution in [0.3, 0.4) is 0 Å². The molecular formula is C13H16ClN5O2. The van der Waals surface area contributed by atoms with E-state index in [2.05, 4.69) is 20.7 Å². The van der Waals surface area contributed by atoms with Crippen molar-refractivity contribution in [2.24, 2.45) is 5.92 Å². The third-order valence-corrected chi connectivity index (χ3v) is 3.05. The SMILES string of the molecule is CC(CO)CNC(=O)Cn1nnc(-c2ccc(Cl)cc2)n1. The molecule has 7 nitrogen and oxygen atoms in total. The van der Waals surface area contributed by atoms with Gasteiger partial charge in [0.15, 0.2) is 0 Å². The largest absolute Gasteiger partial charge is 0.396 e. The molecule has 112 valence electrons. The fraction of sp³-hybridized carbons (Fsp3) is 0.385. The van der Waals surface area contributed by atoms with Crippen LogP contribution < -0.4 is 5.32 Å². The van der Waals surface area contributed by atoms with Crippen LogP contribution >= 0.6 is 11.6 Å². The Labute approximate surface area is 126 Å². The molecule has 8 heteroatoms. The lowest BCUT2D eigenvalue weighted by Gasteiger charge is -2.08. The summed E-state index contributed by atoms with van der Waals surface area (Å²) in [5.74, 6) is 0.223. The second-order valence-corrected chi connectivity index (χ2v) is 5.18. The van der Waals surface area contributed by atoms with E-state index < -0.39 is 0 Å². The van der Waals surface area contributed by atoms with Crippen LogP contribution in [0.5, 0.6) is 0 Å². The lowest BCUT2D eigenvalue weighted by molar-refractivity contribution is -0.122. The van der Waals surface area contributed by atoms with E-state index in [4.69, 9.17) is 16.7 Å². The van der Waals surface area contributed by atoms with Gasteiger partial charge in [0.05, 0.1) is 0 Å². The average molecular weight is 310 g/mol. The topological polar surface area (TPSA) is 92.9 Å². The molecular weight excluding hydrogens is 294 g/mol. The Bertz CT molecular complexity index is 599. The van der Waals surface area contributed by atoms with Gasteiger partial charge in [-0.25, -0.2) is 0 Å². The monoisotopic (exact) mass is 309 g/mol. The standard InChI is InChI=1S/C13H16ClN5O2/c1-9(8-20)6-15-12(21)7-19-17-13(16-18-19)10-2-4-11(14)5-3-10/h2-5,9,20H,6-8H2,1H3,(H,15,21). The highest BCUT2D eigenvalue weighted by molar-refractivity contribution is 6.30. The van der Waals surface area contributed by atoms with E-state index in [0.717, 1.165) is 5.56 Å². The van der Waals surface area contributed by atoms with Crippen LogP contribution in [0, 0.1) is 5.92 Å². The number of aliphatic hydroxyl groups excluding tert-OH is 1. The third-order valence-electron chi connectivity index (χ3n) is 2.80. The molecule has 21 heavy (non-hydrogen) atoms. The van der Waals surface area contributed by atoms with Crippen molar-refractivity contribution in [3.63, 3.8) is 0 Å². The molecule has 1 heterocycles. The summed E-state index contributed by atoms with van der Waals surface area (Å²) < 4.78 is 0. The Balaban J connectivity index is 1.94. The van der Waals surface area contributed by atoms with Crippen molar-refractivity contribution < 1.29 is 9.90 Å². The number of nitrogens with zero attached hydrogens (tertiary/aromatic N) is 4. The highest BCUT2D eigenvalue weighted by Gasteiger charge is 2.10. The number of aliphatic hydroxyl groups is 1. The molecule has 0 radical (unpaired) electrons. The van der Waals surface area contributed by atoms with Crippen LogP contribution in [0.25, 0.3) is 11.4 Å². The summed E-state index contributed by atoms with van der Waals surface area (Å²) in [6.45, 7) is 2.27. The highest BCUT2D eigenvalue weighted by Crippen LogP contribution is 2.16. The van der Waals surface area contributed by atoms with Crippen molar-refractivity contribution in [3.8, 4) is 11.4 Å². The van der Waals surface area contributed by atoms with Gasteiger partial charge in [0.25, 0.3) is 0 Å². The molecule has 0 spiro atoms. The fourth-order valence-corrected chi connectivity index (χ4v) is 1.69. The van der Waals surface area contributed by atoms with Crippen LogP contribution in [0.1, 0.15) is 6.92 Å². The first-order valence-electron chi connectivity index (χ1n) is 6.50. The van der Waals surface area contributed by atoms with E-state index in [1.807, 2.05) is 6.92 Å². The average Bonchev–Trinajstić information content (AvgIpc) is 2.94. The molecule has 1 unspecified atom stereocenters. The number of hydrogen-bond donors (Lipinski definition) is 2. The first-order chi connectivity index (χ1) is 10.1. The van der Waals surface area contributed by atoms with Crippen molar-refractivity contribution in [3.05, 3.63) is 29.3 Å². The number of carbonyl (C=O) groups is 1. The lowest BCUT2D eigenvalue weighted by Crippen LogP contribution is -2.32. The van der Waals surface area contributed by atoms with Gasteiger partial charge in [0.2, 0.25) is 11.7 Å². The lowest BCUT2D eigenvalue weighted by atomic mass is 10.2. The highest BCUT2D eigenvalue weighted by atomic mass is 35.5. The van der Waals surface area contributed by atoms with Crippen molar-refractivity contribution in [2.45, 2.75) is 13.5 Å². The Hall–Kier alpha value is -1.99. The second-order valence-electron chi connectivity index (χ2n) is 4.74. The number of benzene rings is 1. The summed E-state index contributed by atoms with van der Waals surface area (Å²) in [5.41, 5.74) is 0.778. The van der Waals surface area contributed by atoms with Gasteiger partial charge >= 0.3 is 0 Å². The quantitative estimate of drug-likeness (QED) is 0.821. The zero-order valence-corrected chi connectivity index (χ0v) is 12.3. The molecule has 1 aromatic carbocycles. The number of nitrogens with one attached hydrogen (secondary N) is 1. The first-order valence-corrected chi connectivity index (χ1v) is 6.87. The van der Waals surface area contributed by atoms with E-state index in [9.17, 15) is 4.79 Å². The van der Waals surface area contributed by atoms with Gasteiger partial charge in [0.1, 0.15) is 6.54 Å². The number of amides is 1. The molecule has 0 aliphatic carbocycles. The molecule has 1 atom stereocenters. The summed E-state index contributed by atoms with van der Waals surface area (Å²) in [7, 11) is 0. The van der Waals surface area contributed by atoms with E-state index in [-0.39, 0.29) is 25.0 Å². The number of halogens is 1. The molecule has 0 saturated carbocycles. The van der Waals surface area contributed by atoms with Crippen LogP contribution in [0.4, 0.5) is 0 Å². The van der Waals surface area contributed by atoms with Crippen LogP contribution in [-0.4, -0.2) is 44.4 Å². The predicted octanol–water partition coefficient (Wildman–Crippen LogP) is 0.738. The maximum absolute atomic E-state index is 11.7. The van der Waals surface area contributed by atoms with E-state index in [1.165, 1.54) is 4.80 Å². The molecule has 0 fully saturated rings. The van der Waals surface area contributed by atoms with E-state index in [0.29, 0.717) is 17.4 Å². The Morgan fingerprint density at radius 3 is 2.81 bits per heavy atom. The normalized spacial score (nSPS) is 12.1. The number of carbonyl (C=O) groups excluding carboxylic acids is 1. The minimum absolute atomic E-state index is 0.0151. The van der Waals surface area contributed by atoms with Crippen molar-refractivity contribution in [1.82, 2.24) is 25.5 Å². The third kappa shape index (κ3) is 4.51. The van der Waals surface area contributed by atoms with Gasteiger partial charge in [-0.3, -0.25) is 4.79 Å². The molecule has 0 aliphatic heterocycles. The molecule has 2 aromatic rings. The molecule has 0 aliphatic rings. The molecule has 2 rings (SSSR count). The van der Waals surface area contributed by atoms with Gasteiger partial charge in [-0.1, -0.05) is 18.5 Å². The maximum atomic E-state index is 11.7. The number of tetrazole rings is 1. The van der Waals surface area contributed by atoms with Crippen molar-refractivity contribution in [2.75, 3.05) is 13.2 Å². The summed E-state index contributed by atoms with van der Waals surface area (Å²) in [4.78, 5) is 12.9. The van der Waals surface area contributed by atoms with E-state index >= 15 is 0 Å². The molecule has 1 amide bonds. The maximum Gasteiger partial charge on any atom is 0.243 e. The summed E-state index contributed by atoms with van der Waals surface area (Å²) in [6.07, 6.45) is 0. The first kappa shape index (κ1) is 15.4. The Morgan fingerprint density at radius 1 is 1.43 bits per heavy atom. The molecule has 1 aromatic heterocycles. The van der Waals surface area contributed by atoms with Crippen molar-refractivity contribution in [1.29, 1.82) is 0 Å². The Morgan fingerprint density at radius 2 is 2.14 bits per heavy atom. The van der Waals surface area contributed by atoms with Crippen LogP contribution in [0.15, 0.2) is 24.3 Å². The predicted molar refractivity (Wildman–Crippen MR) is 77.5 cm³/mol. The number of rotatable bonds is 6. The summed E-state index contributed by atoms with van der Waals surface area (Å²) in [6, 6.07) is 7.04. The van der Waals surface area contributed by atoms with E-state index in [1.54, 1.807) is 24.3 Å². The smallest absolute Gasteiger partial charge is 0.243 e. The molecule has 0 bridgehead atoms. The van der Waals surface area contributed by atoms with Crippen molar-refractivity contribution >= 4 is 17.5 Å². The zero-order valence-electron chi connectivity index (χ0n) is 11.5. The summed E-state index contributed by atoms with van der Waals surface area (Å²) in [5, 5.41) is 24.1. The zero-order chi connectivity index (χ0) is 15.2. The van der Waals surface area contributed by atoms with Crippen LogP contribution in [0.2, 0.25) is 5.02 Å². The van der Waals surface area contributed by atoms with Gasteiger partial charge in [-0.2, -0.15) is 4.80 Å². The minimum atomic E-state index is -0.227. The number of hydrogen-bond acceptors (Lipinski definition) is 5.